The molecule has 0 N–H and O–H groups in total. The van der Waals surface area contributed by atoms with Crippen LogP contribution in [0.25, 0.3) is 10.6 Å². The number of halogens is 2. The Morgan fingerprint density at radius 3 is 2.79 bits per heavy atom. The monoisotopic (exact) mass is 289 g/mol. The molecule has 0 amide bonds. The van der Waals surface area contributed by atoms with E-state index in [1.165, 1.54) is 0 Å². The predicted molar refractivity (Wildman–Crippen MR) is 60.6 cm³/mol. The summed E-state index contributed by atoms with van der Waals surface area (Å²) in [5.74, 6) is 0.578. The Morgan fingerprint density at radius 1 is 1.43 bits per heavy atom. The summed E-state index contributed by atoms with van der Waals surface area (Å²) in [6.07, 6.45) is 0. The van der Waals surface area contributed by atoms with Gasteiger partial charge in [-0.25, -0.2) is 4.98 Å². The van der Waals surface area contributed by atoms with Crippen LogP contribution in [0.15, 0.2) is 15.9 Å². The Kier molecular flexibility index (Phi) is 2.80. The van der Waals surface area contributed by atoms with Crippen LogP contribution in [0.5, 0.6) is 0 Å². The molecule has 0 aliphatic heterocycles. The van der Waals surface area contributed by atoms with Crippen molar-refractivity contribution in [3.8, 4) is 10.6 Å². The molecule has 0 atom stereocenters. The molecule has 2 aromatic rings. The average molecular weight is 291 g/mol. The van der Waals surface area contributed by atoms with Crippen LogP contribution in [0.3, 0.4) is 0 Å². The van der Waals surface area contributed by atoms with E-state index in [1.54, 1.807) is 18.3 Å². The van der Waals surface area contributed by atoms with Crippen molar-refractivity contribution < 1.29 is 0 Å². The zero-order chi connectivity index (χ0) is 10.1. The third kappa shape index (κ3) is 1.94. The second kappa shape index (κ2) is 3.92. The summed E-state index contributed by atoms with van der Waals surface area (Å²) in [5, 5.41) is 10.2. The molecule has 2 rings (SSSR count). The Hall–Kier alpha value is -0.520. The van der Waals surface area contributed by atoms with Gasteiger partial charge in [0.05, 0.1) is 4.88 Å². The minimum absolute atomic E-state index is 0.395. The maximum atomic E-state index is 5.95. The number of rotatable bonds is 1. The van der Waals surface area contributed by atoms with Crippen LogP contribution >= 0.6 is 38.9 Å². The van der Waals surface area contributed by atoms with E-state index in [-0.39, 0.29) is 0 Å². The Labute approximate surface area is 98.3 Å². The Balaban J connectivity index is 2.52. The van der Waals surface area contributed by atoms with E-state index in [4.69, 9.17) is 11.6 Å². The number of aryl methyl sites for hydroxylation is 1. The van der Waals surface area contributed by atoms with Crippen LogP contribution in [0.4, 0.5) is 0 Å². The van der Waals surface area contributed by atoms with Gasteiger partial charge >= 0.3 is 0 Å². The first-order valence-corrected chi connectivity index (χ1v) is 5.83. The maximum Gasteiger partial charge on any atom is 0.160 e. The van der Waals surface area contributed by atoms with Gasteiger partial charge in [0.2, 0.25) is 0 Å². The highest BCUT2D eigenvalue weighted by molar-refractivity contribution is 9.10. The van der Waals surface area contributed by atoms with E-state index in [0.717, 1.165) is 9.35 Å². The molecule has 0 saturated heterocycles. The van der Waals surface area contributed by atoms with E-state index in [2.05, 4.69) is 31.1 Å². The smallest absolute Gasteiger partial charge is 0.160 e. The SMILES string of the molecule is Cc1nnc(-c2cc(Br)cs2)c(Cl)n1. The molecule has 2 aromatic heterocycles. The number of thiophene rings is 1. The lowest BCUT2D eigenvalue weighted by molar-refractivity contribution is 0.916. The predicted octanol–water partition coefficient (Wildman–Crippen LogP) is 3.32. The van der Waals surface area contributed by atoms with Crippen molar-refractivity contribution in [2.45, 2.75) is 6.92 Å². The number of aromatic nitrogens is 3. The van der Waals surface area contributed by atoms with Gasteiger partial charge in [-0.2, -0.15) is 0 Å². The van der Waals surface area contributed by atoms with Crippen molar-refractivity contribution in [1.82, 2.24) is 15.2 Å². The number of hydrogen-bond donors (Lipinski definition) is 0. The molecule has 0 aliphatic carbocycles. The minimum atomic E-state index is 0.395. The van der Waals surface area contributed by atoms with Crippen molar-refractivity contribution in [2.75, 3.05) is 0 Å². The van der Waals surface area contributed by atoms with Crippen LogP contribution in [0.2, 0.25) is 5.15 Å². The van der Waals surface area contributed by atoms with Crippen molar-refractivity contribution in [1.29, 1.82) is 0 Å². The molecule has 72 valence electrons. The highest BCUT2D eigenvalue weighted by atomic mass is 79.9. The molecule has 0 spiro atoms. The van der Waals surface area contributed by atoms with Crippen LogP contribution in [-0.4, -0.2) is 15.2 Å². The van der Waals surface area contributed by atoms with Gasteiger partial charge in [0, 0.05) is 9.85 Å². The summed E-state index contributed by atoms with van der Waals surface area (Å²) < 4.78 is 1.01. The highest BCUT2D eigenvalue weighted by Crippen LogP contribution is 2.31. The van der Waals surface area contributed by atoms with Crippen LogP contribution < -0.4 is 0 Å². The molecule has 0 radical (unpaired) electrons. The fourth-order valence-corrected chi connectivity index (χ4v) is 2.70. The third-order valence-corrected chi connectivity index (χ3v) is 3.51. The standard InChI is InChI=1S/C8H5BrClN3S/c1-4-11-8(10)7(13-12-4)6-2-5(9)3-14-6/h2-3H,1H3. The molecule has 3 nitrogen and oxygen atoms in total. The van der Waals surface area contributed by atoms with Crippen LogP contribution in [0, 0.1) is 6.92 Å². The zero-order valence-corrected chi connectivity index (χ0v) is 10.3. The van der Waals surface area contributed by atoms with Crippen molar-refractivity contribution in [3.63, 3.8) is 0 Å². The zero-order valence-electron chi connectivity index (χ0n) is 7.16. The second-order valence-corrected chi connectivity index (χ2v) is 4.81. The summed E-state index contributed by atoms with van der Waals surface area (Å²) in [6.45, 7) is 1.76. The first-order chi connectivity index (χ1) is 6.66. The van der Waals surface area contributed by atoms with E-state index in [9.17, 15) is 0 Å². The minimum Gasteiger partial charge on any atom is -0.217 e. The van der Waals surface area contributed by atoms with Gasteiger partial charge in [-0.3, -0.25) is 0 Å². The lowest BCUT2D eigenvalue weighted by Crippen LogP contribution is -1.94. The molecular formula is C8H5BrClN3S. The highest BCUT2D eigenvalue weighted by Gasteiger charge is 2.09. The molecule has 0 unspecified atom stereocenters. The van der Waals surface area contributed by atoms with E-state index in [0.29, 0.717) is 16.7 Å². The second-order valence-electron chi connectivity index (χ2n) is 2.63. The van der Waals surface area contributed by atoms with Gasteiger partial charge in [-0.15, -0.1) is 21.5 Å². The van der Waals surface area contributed by atoms with Gasteiger partial charge in [0.25, 0.3) is 0 Å². The Morgan fingerprint density at radius 2 is 2.21 bits per heavy atom. The quantitative estimate of drug-likeness (QED) is 0.808. The van der Waals surface area contributed by atoms with Gasteiger partial charge in [0.15, 0.2) is 5.15 Å². The normalized spacial score (nSPS) is 10.5. The fraction of sp³-hybridized carbons (Fsp3) is 0.125. The van der Waals surface area contributed by atoms with Gasteiger partial charge < -0.3 is 0 Å². The lowest BCUT2D eigenvalue weighted by atomic mass is 10.4. The van der Waals surface area contributed by atoms with Gasteiger partial charge in [-0.1, -0.05) is 11.6 Å². The molecule has 0 saturated carbocycles. The average Bonchev–Trinajstić information content (AvgIpc) is 2.51. The summed E-state index contributed by atoms with van der Waals surface area (Å²) >= 11 is 10.9. The van der Waals surface area contributed by atoms with E-state index in [1.807, 2.05) is 11.4 Å². The Bertz CT molecular complexity index is 471. The summed E-state index contributed by atoms with van der Waals surface area (Å²) in [5.41, 5.74) is 0.632. The van der Waals surface area contributed by atoms with Gasteiger partial charge in [-0.05, 0) is 28.9 Å². The molecule has 6 heteroatoms. The summed E-state index contributed by atoms with van der Waals surface area (Å²) in [6, 6.07) is 1.94. The molecule has 0 aromatic carbocycles. The molecule has 0 bridgehead atoms. The molecule has 2 heterocycles. The lowest BCUT2D eigenvalue weighted by Gasteiger charge is -1.98. The molecular weight excluding hydrogens is 286 g/mol. The molecule has 0 fully saturated rings. The van der Waals surface area contributed by atoms with Crippen molar-refractivity contribution in [2.24, 2.45) is 0 Å². The third-order valence-electron chi connectivity index (χ3n) is 1.55. The van der Waals surface area contributed by atoms with Crippen molar-refractivity contribution >= 4 is 38.9 Å². The molecule has 14 heavy (non-hydrogen) atoms. The maximum absolute atomic E-state index is 5.95. The first kappa shape index (κ1) is 10.0. The van der Waals surface area contributed by atoms with E-state index < -0.39 is 0 Å². The molecule has 0 aliphatic rings. The largest absolute Gasteiger partial charge is 0.217 e. The number of hydrogen-bond acceptors (Lipinski definition) is 4. The topological polar surface area (TPSA) is 38.7 Å². The summed E-state index contributed by atoms with van der Waals surface area (Å²) in [7, 11) is 0. The van der Waals surface area contributed by atoms with Crippen LogP contribution in [0.1, 0.15) is 5.82 Å². The van der Waals surface area contributed by atoms with Crippen LogP contribution in [-0.2, 0) is 0 Å². The van der Waals surface area contributed by atoms with E-state index >= 15 is 0 Å². The number of nitrogens with zero attached hydrogens (tertiary/aromatic N) is 3. The van der Waals surface area contributed by atoms with Gasteiger partial charge in [0.1, 0.15) is 11.5 Å². The fourth-order valence-electron chi connectivity index (χ4n) is 0.969. The summed E-state index contributed by atoms with van der Waals surface area (Å²) in [4.78, 5) is 5.00. The van der Waals surface area contributed by atoms with Crippen molar-refractivity contribution in [3.05, 3.63) is 26.9 Å². The first-order valence-electron chi connectivity index (χ1n) is 3.78.